The van der Waals surface area contributed by atoms with Crippen LogP contribution in [0.15, 0.2) is 36.7 Å². The van der Waals surface area contributed by atoms with Crippen molar-refractivity contribution in [3.05, 3.63) is 48.0 Å². The van der Waals surface area contributed by atoms with Gasteiger partial charge in [-0.1, -0.05) is 6.07 Å². The van der Waals surface area contributed by atoms with Gasteiger partial charge >= 0.3 is 6.92 Å². The molecule has 1 N–H and O–H groups in total. The molecule has 6 nitrogen and oxygen atoms in total. The summed E-state index contributed by atoms with van der Waals surface area (Å²) in [5.74, 6) is 1.90. The number of hydrogen-bond acceptors (Lipinski definition) is 5. The first-order valence-electron chi connectivity index (χ1n) is 9.19. The Bertz CT molecular complexity index is 779. The van der Waals surface area contributed by atoms with Gasteiger partial charge < -0.3 is 14.7 Å². The fraction of sp³-hybridized carbons (Fsp3) is 0.421. The first-order chi connectivity index (χ1) is 12.7. The number of ether oxygens (including phenoxy) is 1. The molecule has 0 bridgehead atoms. The molecule has 2 aliphatic rings. The van der Waals surface area contributed by atoms with Crippen molar-refractivity contribution in [2.24, 2.45) is 0 Å². The number of aryl methyl sites for hydroxylation is 1. The minimum Gasteiger partial charge on any atom is -0.484 e. The predicted molar refractivity (Wildman–Crippen MR) is 98.6 cm³/mol. The lowest BCUT2D eigenvalue weighted by Crippen LogP contribution is -2.40. The SMILES string of the molecule is O=C(COc1ccc2c(c1)CCB2O)N1CCC(c2ncccn2)CC1. The van der Waals surface area contributed by atoms with Crippen LogP contribution in [0.3, 0.4) is 0 Å². The number of likely N-dealkylation sites (tertiary alicyclic amines) is 1. The van der Waals surface area contributed by atoms with Gasteiger partial charge in [0, 0.05) is 31.4 Å². The summed E-state index contributed by atoms with van der Waals surface area (Å²) >= 11 is 0. The maximum Gasteiger partial charge on any atom is 0.324 e. The summed E-state index contributed by atoms with van der Waals surface area (Å²) in [5, 5.41) is 9.85. The Morgan fingerprint density at radius 3 is 2.81 bits per heavy atom. The van der Waals surface area contributed by atoms with Crippen molar-refractivity contribution in [2.75, 3.05) is 19.7 Å². The summed E-state index contributed by atoms with van der Waals surface area (Å²) in [7, 11) is 0. The van der Waals surface area contributed by atoms with Gasteiger partial charge in [0.05, 0.1) is 0 Å². The number of amides is 1. The summed E-state index contributed by atoms with van der Waals surface area (Å²) in [6.07, 6.45) is 6.92. The van der Waals surface area contributed by atoms with E-state index >= 15 is 0 Å². The van der Waals surface area contributed by atoms with Crippen LogP contribution in [0.2, 0.25) is 6.32 Å². The van der Waals surface area contributed by atoms with Crippen LogP contribution in [-0.4, -0.2) is 52.4 Å². The lowest BCUT2D eigenvalue weighted by Gasteiger charge is -2.31. The van der Waals surface area contributed by atoms with Crippen molar-refractivity contribution in [3.63, 3.8) is 0 Å². The van der Waals surface area contributed by atoms with Crippen molar-refractivity contribution in [2.45, 2.75) is 31.5 Å². The van der Waals surface area contributed by atoms with E-state index in [0.29, 0.717) is 24.8 Å². The van der Waals surface area contributed by atoms with Crippen molar-refractivity contribution in [1.82, 2.24) is 14.9 Å². The number of carbonyl (C=O) groups excluding carboxylic acids is 1. The second kappa shape index (κ2) is 7.46. The first kappa shape index (κ1) is 17.0. The van der Waals surface area contributed by atoms with Gasteiger partial charge in [0.2, 0.25) is 0 Å². The van der Waals surface area contributed by atoms with Gasteiger partial charge in [-0.15, -0.1) is 0 Å². The number of aromatic nitrogens is 2. The van der Waals surface area contributed by atoms with Crippen LogP contribution < -0.4 is 10.2 Å². The van der Waals surface area contributed by atoms with E-state index < -0.39 is 0 Å². The molecule has 1 aromatic carbocycles. The average Bonchev–Trinajstić information content (AvgIpc) is 3.07. The van der Waals surface area contributed by atoms with E-state index in [1.54, 1.807) is 12.4 Å². The van der Waals surface area contributed by atoms with Crippen LogP contribution in [0.5, 0.6) is 5.75 Å². The minimum absolute atomic E-state index is 0.0120. The summed E-state index contributed by atoms with van der Waals surface area (Å²) in [6.45, 7) is 1.10. The van der Waals surface area contributed by atoms with Gasteiger partial charge in [0.1, 0.15) is 11.6 Å². The molecule has 26 heavy (non-hydrogen) atoms. The van der Waals surface area contributed by atoms with Gasteiger partial charge in [-0.25, -0.2) is 9.97 Å². The highest BCUT2D eigenvalue weighted by atomic mass is 16.5. The Morgan fingerprint density at radius 1 is 1.27 bits per heavy atom. The van der Waals surface area contributed by atoms with Gasteiger partial charge in [0.25, 0.3) is 5.91 Å². The van der Waals surface area contributed by atoms with Crippen LogP contribution in [0.4, 0.5) is 0 Å². The zero-order valence-corrected chi connectivity index (χ0v) is 14.7. The Morgan fingerprint density at radius 2 is 2.04 bits per heavy atom. The van der Waals surface area contributed by atoms with Gasteiger partial charge in [-0.3, -0.25) is 4.79 Å². The molecule has 1 aromatic heterocycles. The van der Waals surface area contributed by atoms with E-state index in [2.05, 4.69) is 9.97 Å². The topological polar surface area (TPSA) is 75.6 Å². The van der Waals surface area contributed by atoms with Crippen LogP contribution >= 0.6 is 0 Å². The van der Waals surface area contributed by atoms with E-state index in [4.69, 9.17) is 4.74 Å². The fourth-order valence-electron chi connectivity index (χ4n) is 3.81. The van der Waals surface area contributed by atoms with Crippen LogP contribution in [-0.2, 0) is 11.2 Å². The number of hydrogen-bond donors (Lipinski definition) is 1. The lowest BCUT2D eigenvalue weighted by molar-refractivity contribution is -0.134. The zero-order chi connectivity index (χ0) is 17.9. The van der Waals surface area contributed by atoms with Crippen LogP contribution in [0.1, 0.15) is 30.1 Å². The van der Waals surface area contributed by atoms with Gasteiger partial charge in [-0.2, -0.15) is 0 Å². The second-order valence-electron chi connectivity index (χ2n) is 6.97. The molecule has 0 spiro atoms. The van der Waals surface area contributed by atoms with E-state index in [0.717, 1.165) is 42.4 Å². The van der Waals surface area contributed by atoms with Crippen molar-refractivity contribution < 1.29 is 14.6 Å². The molecular formula is C19H22BN3O3. The lowest BCUT2D eigenvalue weighted by atomic mass is 9.63. The Hall–Kier alpha value is -2.41. The Labute approximate surface area is 153 Å². The standard InChI is InChI=1S/C19H22BN3O3/c24-18(13-26-16-2-3-17-15(12-16)4-7-20(17)25)23-10-5-14(6-11-23)19-21-8-1-9-22-19/h1-3,8-9,12,14,25H,4-7,10-11,13H2. The maximum absolute atomic E-state index is 12.4. The van der Waals surface area contributed by atoms with E-state index in [-0.39, 0.29) is 19.4 Å². The quantitative estimate of drug-likeness (QED) is 0.832. The molecule has 2 aromatic rings. The number of nitrogens with zero attached hydrogens (tertiary/aromatic N) is 3. The molecule has 0 unspecified atom stereocenters. The number of carbonyl (C=O) groups is 1. The summed E-state index contributed by atoms with van der Waals surface area (Å²) in [6, 6.07) is 7.49. The van der Waals surface area contributed by atoms with Gasteiger partial charge in [0.15, 0.2) is 6.61 Å². The predicted octanol–water partition coefficient (Wildman–Crippen LogP) is 1.01. The van der Waals surface area contributed by atoms with Crippen LogP contribution in [0.25, 0.3) is 0 Å². The third-order valence-electron chi connectivity index (χ3n) is 5.32. The maximum atomic E-state index is 12.4. The average molecular weight is 351 g/mol. The molecule has 0 radical (unpaired) electrons. The van der Waals surface area contributed by atoms with E-state index in [1.165, 1.54) is 0 Å². The molecule has 0 aliphatic carbocycles. The molecule has 4 rings (SSSR count). The first-order valence-corrected chi connectivity index (χ1v) is 9.19. The Balaban J connectivity index is 1.28. The molecule has 2 aliphatic heterocycles. The summed E-state index contributed by atoms with van der Waals surface area (Å²) in [4.78, 5) is 22.9. The molecule has 134 valence electrons. The number of fused-ring (bicyclic) bond motifs is 1. The fourth-order valence-corrected chi connectivity index (χ4v) is 3.81. The highest BCUT2D eigenvalue weighted by Crippen LogP contribution is 2.25. The number of piperidine rings is 1. The highest BCUT2D eigenvalue weighted by molar-refractivity contribution is 6.68. The van der Waals surface area contributed by atoms with Gasteiger partial charge in [-0.05, 0) is 54.8 Å². The highest BCUT2D eigenvalue weighted by Gasteiger charge is 2.26. The summed E-state index contributed by atoms with van der Waals surface area (Å²) < 4.78 is 5.70. The molecule has 1 amide bonds. The van der Waals surface area contributed by atoms with E-state index in [1.807, 2.05) is 29.2 Å². The molecule has 7 heteroatoms. The Kier molecular flexibility index (Phi) is 4.88. The van der Waals surface area contributed by atoms with Crippen molar-refractivity contribution in [3.8, 4) is 5.75 Å². The molecule has 0 saturated carbocycles. The minimum atomic E-state index is -0.365. The molecule has 0 atom stereocenters. The van der Waals surface area contributed by atoms with Crippen molar-refractivity contribution in [1.29, 1.82) is 0 Å². The third-order valence-corrected chi connectivity index (χ3v) is 5.32. The largest absolute Gasteiger partial charge is 0.484 e. The monoisotopic (exact) mass is 351 g/mol. The number of rotatable bonds is 4. The molecule has 1 fully saturated rings. The van der Waals surface area contributed by atoms with Crippen LogP contribution in [0, 0.1) is 0 Å². The number of benzene rings is 1. The normalized spacial score (nSPS) is 17.3. The van der Waals surface area contributed by atoms with E-state index in [9.17, 15) is 9.82 Å². The second-order valence-corrected chi connectivity index (χ2v) is 6.97. The van der Waals surface area contributed by atoms with Crippen molar-refractivity contribution >= 4 is 18.3 Å². The third kappa shape index (κ3) is 3.58. The summed E-state index contributed by atoms with van der Waals surface area (Å²) in [5.41, 5.74) is 2.10. The molecular weight excluding hydrogens is 329 g/mol. The molecule has 3 heterocycles. The zero-order valence-electron chi connectivity index (χ0n) is 14.7. The smallest absolute Gasteiger partial charge is 0.324 e. The molecule has 1 saturated heterocycles.